The number of anilines is 1. The smallest absolute Gasteiger partial charge is 0.238 e. The van der Waals surface area contributed by atoms with E-state index in [1.807, 2.05) is 6.07 Å². The summed E-state index contributed by atoms with van der Waals surface area (Å²) in [4.78, 5) is 28.0. The minimum Gasteiger partial charge on any atom is -0.390 e. The lowest BCUT2D eigenvalue weighted by Gasteiger charge is -2.42. The maximum atomic E-state index is 15.6. The molecule has 2 heterocycles. The van der Waals surface area contributed by atoms with Gasteiger partial charge in [0.05, 0.1) is 11.6 Å². The van der Waals surface area contributed by atoms with E-state index in [2.05, 4.69) is 36.7 Å². The molecule has 2 aromatic rings. The van der Waals surface area contributed by atoms with E-state index in [1.165, 1.54) is 18.2 Å². The molecule has 6 nitrogen and oxygen atoms in total. The van der Waals surface area contributed by atoms with Gasteiger partial charge in [0.25, 0.3) is 0 Å². The van der Waals surface area contributed by atoms with E-state index < -0.39 is 34.8 Å². The van der Waals surface area contributed by atoms with E-state index in [0.717, 1.165) is 6.42 Å². The summed E-state index contributed by atoms with van der Waals surface area (Å²) >= 11 is 12.6. The van der Waals surface area contributed by atoms with Crippen molar-refractivity contribution in [2.75, 3.05) is 5.32 Å². The molecule has 3 aliphatic rings. The highest BCUT2D eigenvalue weighted by atomic mass is 35.5. The highest BCUT2D eigenvalue weighted by molar-refractivity contribution is 6.31. The summed E-state index contributed by atoms with van der Waals surface area (Å²) in [5, 5.41) is 20.5. The van der Waals surface area contributed by atoms with Crippen molar-refractivity contribution >= 4 is 40.7 Å². The van der Waals surface area contributed by atoms with Crippen molar-refractivity contribution in [2.24, 2.45) is 5.41 Å². The Bertz CT molecular complexity index is 1290. The van der Waals surface area contributed by atoms with Crippen molar-refractivity contribution in [3.8, 4) is 0 Å². The summed E-state index contributed by atoms with van der Waals surface area (Å²) in [6.07, 6.45) is 2.28. The Morgan fingerprint density at radius 1 is 1.18 bits per heavy atom. The molecule has 4 unspecified atom stereocenters. The molecule has 0 radical (unpaired) electrons. The molecule has 2 aliphatic heterocycles. The number of hydrogen-bond acceptors (Lipinski definition) is 4. The number of carbonyl (C=O) groups excluding carboxylic acids is 2. The van der Waals surface area contributed by atoms with E-state index in [-0.39, 0.29) is 28.8 Å². The zero-order chi connectivity index (χ0) is 27.6. The van der Waals surface area contributed by atoms with Gasteiger partial charge in [0.2, 0.25) is 11.8 Å². The lowest BCUT2D eigenvalue weighted by atomic mass is 9.62. The van der Waals surface area contributed by atoms with Crippen LogP contribution in [0.4, 0.5) is 10.1 Å². The van der Waals surface area contributed by atoms with Gasteiger partial charge in [-0.3, -0.25) is 9.59 Å². The molecule has 1 aliphatic carbocycles. The summed E-state index contributed by atoms with van der Waals surface area (Å²) in [7, 11) is 0. The number of nitrogens with one attached hydrogen (secondary N) is 3. The zero-order valence-corrected chi connectivity index (χ0v) is 23.5. The Morgan fingerprint density at radius 3 is 2.50 bits per heavy atom. The average Bonchev–Trinajstić information content (AvgIpc) is 3.29. The van der Waals surface area contributed by atoms with E-state index in [1.54, 1.807) is 19.1 Å². The molecule has 1 saturated carbocycles. The van der Waals surface area contributed by atoms with Crippen LogP contribution in [0.5, 0.6) is 0 Å². The van der Waals surface area contributed by atoms with Gasteiger partial charge in [-0.05, 0) is 73.1 Å². The van der Waals surface area contributed by atoms with Crippen molar-refractivity contribution in [1.82, 2.24) is 10.6 Å². The predicted octanol–water partition coefficient (Wildman–Crippen LogP) is 5.30. The number of benzene rings is 2. The molecule has 2 aromatic carbocycles. The molecular formula is C29H34Cl2FN3O3. The van der Waals surface area contributed by atoms with Crippen molar-refractivity contribution in [3.63, 3.8) is 0 Å². The quantitative estimate of drug-likeness (QED) is 0.385. The Balaban J connectivity index is 1.69. The van der Waals surface area contributed by atoms with E-state index >= 15 is 4.39 Å². The number of carbonyl (C=O) groups is 2. The number of amides is 2. The number of fused-ring (bicyclic) bond motifs is 2. The molecule has 9 heteroatoms. The lowest BCUT2D eigenvalue weighted by Crippen LogP contribution is -2.57. The normalized spacial score (nSPS) is 32.2. The maximum absolute atomic E-state index is 15.6. The van der Waals surface area contributed by atoms with Gasteiger partial charge in [-0.1, -0.05) is 56.5 Å². The van der Waals surface area contributed by atoms with Gasteiger partial charge < -0.3 is 21.1 Å². The van der Waals surface area contributed by atoms with Crippen molar-refractivity contribution in [2.45, 2.75) is 88.4 Å². The van der Waals surface area contributed by atoms with Crippen LogP contribution in [0.25, 0.3) is 0 Å². The van der Waals surface area contributed by atoms with E-state index in [9.17, 15) is 14.7 Å². The first-order valence-corrected chi connectivity index (χ1v) is 13.9. The average molecular weight is 563 g/mol. The molecule has 4 N–H and O–H groups in total. The fraction of sp³-hybridized carbons (Fsp3) is 0.517. The summed E-state index contributed by atoms with van der Waals surface area (Å²) < 4.78 is 15.6. The molecule has 1 saturated heterocycles. The van der Waals surface area contributed by atoms with E-state index in [4.69, 9.17) is 23.2 Å². The van der Waals surface area contributed by atoms with Crippen LogP contribution in [0.1, 0.15) is 70.4 Å². The lowest BCUT2D eigenvalue weighted by molar-refractivity contribution is -0.127. The van der Waals surface area contributed by atoms with Gasteiger partial charge in [-0.15, -0.1) is 0 Å². The fourth-order valence-corrected chi connectivity index (χ4v) is 6.98. The molecule has 204 valence electrons. The number of aliphatic hydroxyl groups is 1. The molecule has 2 fully saturated rings. The monoisotopic (exact) mass is 561 g/mol. The first-order chi connectivity index (χ1) is 17.8. The Kier molecular flexibility index (Phi) is 6.83. The molecule has 38 heavy (non-hydrogen) atoms. The second-order valence-corrected chi connectivity index (χ2v) is 13.1. The van der Waals surface area contributed by atoms with Gasteiger partial charge in [-0.2, -0.15) is 0 Å². The minimum absolute atomic E-state index is 0.171. The number of hydrogen-bond donors (Lipinski definition) is 4. The number of halogens is 3. The molecule has 0 bridgehead atoms. The van der Waals surface area contributed by atoms with Crippen LogP contribution in [0.3, 0.4) is 0 Å². The third-order valence-electron chi connectivity index (χ3n) is 8.81. The van der Waals surface area contributed by atoms with Gasteiger partial charge in [0.15, 0.2) is 0 Å². The van der Waals surface area contributed by atoms with Crippen molar-refractivity contribution in [3.05, 3.63) is 63.4 Å². The van der Waals surface area contributed by atoms with Crippen LogP contribution in [0.2, 0.25) is 10.0 Å². The van der Waals surface area contributed by atoms with Crippen LogP contribution >= 0.6 is 23.2 Å². The molecule has 2 amide bonds. The molecule has 0 aromatic heterocycles. The highest BCUT2D eigenvalue weighted by Crippen LogP contribution is 2.57. The first-order valence-electron chi connectivity index (χ1n) is 13.1. The third kappa shape index (κ3) is 4.51. The fourth-order valence-electron chi connectivity index (χ4n) is 6.62. The maximum Gasteiger partial charge on any atom is 0.238 e. The zero-order valence-electron chi connectivity index (χ0n) is 22.0. The second-order valence-electron chi connectivity index (χ2n) is 12.2. The minimum atomic E-state index is -1.29. The van der Waals surface area contributed by atoms with Gasteiger partial charge in [0, 0.05) is 33.7 Å². The Morgan fingerprint density at radius 2 is 1.84 bits per heavy atom. The largest absolute Gasteiger partial charge is 0.390 e. The van der Waals surface area contributed by atoms with Crippen LogP contribution in [0, 0.1) is 11.2 Å². The summed E-state index contributed by atoms with van der Waals surface area (Å²) in [5.41, 5.74) is -0.825. The van der Waals surface area contributed by atoms with Crippen molar-refractivity contribution in [1.29, 1.82) is 0 Å². The molecular weight excluding hydrogens is 528 g/mol. The van der Waals surface area contributed by atoms with Crippen LogP contribution in [0.15, 0.2) is 36.4 Å². The van der Waals surface area contributed by atoms with Gasteiger partial charge >= 0.3 is 0 Å². The van der Waals surface area contributed by atoms with Crippen LogP contribution in [-0.2, 0) is 15.0 Å². The highest BCUT2D eigenvalue weighted by Gasteiger charge is 2.66. The van der Waals surface area contributed by atoms with E-state index in [0.29, 0.717) is 40.6 Å². The standard InChI is InChI=1S/C29H34Cl2FN3O3/c1-5-27(2,3)14-22-29(19-8-6-16(31)11-21(19)34-26(29)37)23(18-10-15(30)7-9-20(18)32)24(35-22)25(36)33-17-12-28(4,38)13-17/h6-11,17,22-24,35,38H,5,12-14H2,1-4H3,(H,33,36)(H,34,37). The molecule has 5 rings (SSSR count). The van der Waals surface area contributed by atoms with Crippen molar-refractivity contribution < 1.29 is 19.1 Å². The van der Waals surface area contributed by atoms with Gasteiger partial charge in [-0.25, -0.2) is 4.39 Å². The first kappa shape index (κ1) is 27.4. The summed E-state index contributed by atoms with van der Waals surface area (Å²) in [6, 6.07) is 7.89. The van der Waals surface area contributed by atoms with Crippen LogP contribution < -0.4 is 16.0 Å². The molecule has 1 spiro atoms. The number of rotatable bonds is 6. The second kappa shape index (κ2) is 9.47. The predicted molar refractivity (Wildman–Crippen MR) is 147 cm³/mol. The third-order valence-corrected chi connectivity index (χ3v) is 9.28. The Hall–Kier alpha value is -2.19. The molecule has 4 atom stereocenters. The topological polar surface area (TPSA) is 90.5 Å². The van der Waals surface area contributed by atoms with Crippen LogP contribution in [-0.4, -0.2) is 40.6 Å². The van der Waals surface area contributed by atoms with Gasteiger partial charge in [0.1, 0.15) is 11.2 Å². The summed E-state index contributed by atoms with van der Waals surface area (Å²) in [5.74, 6) is -2.05. The SMILES string of the molecule is CCC(C)(C)CC1NC(C(=O)NC2CC(C)(O)C2)C(c2cc(Cl)ccc2F)C12C(=O)Nc1cc(Cl)ccc12. The summed E-state index contributed by atoms with van der Waals surface area (Å²) in [6.45, 7) is 8.06. The Labute approximate surface area is 232 Å².